The molecule has 2 rings (SSSR count). The number of benzene rings is 1. The molecule has 1 aromatic carbocycles. The number of halogens is 1. The van der Waals surface area contributed by atoms with Gasteiger partial charge in [-0.05, 0) is 18.7 Å². The Labute approximate surface area is 112 Å². The lowest BCUT2D eigenvalue weighted by Gasteiger charge is -2.33. The molecule has 0 saturated carbocycles. The molecule has 0 unspecified atom stereocenters. The lowest BCUT2D eigenvalue weighted by Crippen LogP contribution is -2.49. The van der Waals surface area contributed by atoms with Crippen molar-refractivity contribution in [1.29, 1.82) is 0 Å². The lowest BCUT2D eigenvalue weighted by atomic mass is 10.3. The predicted octanol–water partition coefficient (Wildman–Crippen LogP) is 1.37. The molecule has 19 heavy (non-hydrogen) atoms. The second kappa shape index (κ2) is 6.52. The number of carbonyl (C=O) groups is 1. The van der Waals surface area contributed by atoms with Gasteiger partial charge >= 0.3 is 0 Å². The zero-order chi connectivity index (χ0) is 13.7. The molecule has 0 aliphatic carbocycles. The molecule has 0 bridgehead atoms. The SMILES string of the molecule is CCN1CCN(C(=O)COc2ccccc2F)CC1. The van der Waals surface area contributed by atoms with E-state index in [0.717, 1.165) is 19.6 Å². The third-order valence-electron chi connectivity index (χ3n) is 3.36. The minimum atomic E-state index is -0.439. The summed E-state index contributed by atoms with van der Waals surface area (Å²) in [7, 11) is 0. The average molecular weight is 266 g/mol. The van der Waals surface area contributed by atoms with Crippen molar-refractivity contribution < 1.29 is 13.9 Å². The van der Waals surface area contributed by atoms with Crippen LogP contribution in [0.3, 0.4) is 0 Å². The van der Waals surface area contributed by atoms with Crippen LogP contribution in [0.1, 0.15) is 6.92 Å². The van der Waals surface area contributed by atoms with Crippen LogP contribution in [0.2, 0.25) is 0 Å². The zero-order valence-corrected chi connectivity index (χ0v) is 11.1. The second-order valence-electron chi connectivity index (χ2n) is 4.53. The maximum Gasteiger partial charge on any atom is 0.260 e. The summed E-state index contributed by atoms with van der Waals surface area (Å²) in [6, 6.07) is 6.12. The predicted molar refractivity (Wildman–Crippen MR) is 70.6 cm³/mol. The Bertz CT molecular complexity index is 431. The summed E-state index contributed by atoms with van der Waals surface area (Å²) >= 11 is 0. The molecule has 1 aliphatic heterocycles. The smallest absolute Gasteiger partial charge is 0.260 e. The van der Waals surface area contributed by atoms with Crippen molar-refractivity contribution in [3.8, 4) is 5.75 Å². The number of para-hydroxylation sites is 1. The number of rotatable bonds is 4. The van der Waals surface area contributed by atoms with E-state index in [1.807, 2.05) is 0 Å². The first kappa shape index (κ1) is 13.8. The molecule has 0 spiro atoms. The molecule has 0 aromatic heterocycles. The number of piperazine rings is 1. The van der Waals surface area contributed by atoms with E-state index in [0.29, 0.717) is 13.1 Å². The van der Waals surface area contributed by atoms with Crippen LogP contribution < -0.4 is 4.74 Å². The van der Waals surface area contributed by atoms with Crippen molar-refractivity contribution in [3.05, 3.63) is 30.1 Å². The normalized spacial score (nSPS) is 16.4. The van der Waals surface area contributed by atoms with Crippen LogP contribution >= 0.6 is 0 Å². The molecule has 0 atom stereocenters. The van der Waals surface area contributed by atoms with E-state index in [4.69, 9.17) is 4.74 Å². The van der Waals surface area contributed by atoms with Gasteiger partial charge in [0.1, 0.15) is 0 Å². The highest BCUT2D eigenvalue weighted by Crippen LogP contribution is 2.15. The van der Waals surface area contributed by atoms with E-state index in [9.17, 15) is 9.18 Å². The molecular weight excluding hydrogens is 247 g/mol. The molecular formula is C14H19FN2O2. The summed E-state index contributed by atoms with van der Waals surface area (Å²) < 4.78 is 18.5. The van der Waals surface area contributed by atoms with Crippen molar-refractivity contribution in [3.63, 3.8) is 0 Å². The zero-order valence-electron chi connectivity index (χ0n) is 11.1. The molecule has 1 amide bonds. The lowest BCUT2D eigenvalue weighted by molar-refractivity contribution is -0.135. The third-order valence-corrected chi connectivity index (χ3v) is 3.36. The van der Waals surface area contributed by atoms with Gasteiger partial charge in [-0.2, -0.15) is 0 Å². The van der Waals surface area contributed by atoms with E-state index in [1.165, 1.54) is 12.1 Å². The van der Waals surface area contributed by atoms with Crippen LogP contribution in [0.25, 0.3) is 0 Å². The summed E-state index contributed by atoms with van der Waals surface area (Å²) in [5.74, 6) is -0.395. The second-order valence-corrected chi connectivity index (χ2v) is 4.53. The Morgan fingerprint density at radius 2 is 1.95 bits per heavy atom. The van der Waals surface area contributed by atoms with Crippen LogP contribution in [-0.2, 0) is 4.79 Å². The number of nitrogens with zero attached hydrogens (tertiary/aromatic N) is 2. The van der Waals surface area contributed by atoms with Gasteiger partial charge in [-0.15, -0.1) is 0 Å². The topological polar surface area (TPSA) is 32.8 Å². The molecule has 1 fully saturated rings. The van der Waals surface area contributed by atoms with Crippen LogP contribution in [0, 0.1) is 5.82 Å². The fourth-order valence-electron chi connectivity index (χ4n) is 2.11. The minimum Gasteiger partial charge on any atom is -0.481 e. The Hall–Kier alpha value is -1.62. The number of carbonyl (C=O) groups excluding carboxylic acids is 1. The highest BCUT2D eigenvalue weighted by atomic mass is 19.1. The first-order valence-corrected chi connectivity index (χ1v) is 6.58. The van der Waals surface area contributed by atoms with Crippen molar-refractivity contribution >= 4 is 5.91 Å². The first-order valence-electron chi connectivity index (χ1n) is 6.58. The van der Waals surface area contributed by atoms with E-state index in [-0.39, 0.29) is 18.3 Å². The molecule has 0 radical (unpaired) electrons. The van der Waals surface area contributed by atoms with Crippen LogP contribution in [-0.4, -0.2) is 55.0 Å². The first-order chi connectivity index (χ1) is 9.20. The van der Waals surface area contributed by atoms with E-state index >= 15 is 0 Å². The molecule has 1 heterocycles. The summed E-state index contributed by atoms with van der Waals surface area (Å²) in [6.45, 7) is 6.23. The highest BCUT2D eigenvalue weighted by Gasteiger charge is 2.20. The maximum absolute atomic E-state index is 13.3. The van der Waals surface area contributed by atoms with E-state index < -0.39 is 5.82 Å². The summed E-state index contributed by atoms with van der Waals surface area (Å²) in [5, 5.41) is 0. The van der Waals surface area contributed by atoms with Crippen molar-refractivity contribution in [2.45, 2.75) is 6.92 Å². The largest absolute Gasteiger partial charge is 0.481 e. The monoisotopic (exact) mass is 266 g/mol. The van der Waals surface area contributed by atoms with E-state index in [1.54, 1.807) is 17.0 Å². The van der Waals surface area contributed by atoms with Crippen molar-refractivity contribution in [2.75, 3.05) is 39.3 Å². The van der Waals surface area contributed by atoms with Crippen LogP contribution in [0.15, 0.2) is 24.3 Å². The molecule has 104 valence electrons. The molecule has 1 aromatic rings. The molecule has 1 aliphatic rings. The fourth-order valence-corrected chi connectivity index (χ4v) is 2.11. The summed E-state index contributed by atoms with van der Waals surface area (Å²) in [5.41, 5.74) is 0. The highest BCUT2D eigenvalue weighted by molar-refractivity contribution is 5.77. The standard InChI is InChI=1S/C14H19FN2O2/c1-2-16-7-9-17(10-8-16)14(18)11-19-13-6-4-3-5-12(13)15/h3-6H,2,7-11H2,1H3. The average Bonchev–Trinajstić information content (AvgIpc) is 2.46. The van der Waals surface area contributed by atoms with E-state index in [2.05, 4.69) is 11.8 Å². The Morgan fingerprint density at radius 3 is 2.58 bits per heavy atom. The number of likely N-dealkylation sites (N-methyl/N-ethyl adjacent to an activating group) is 1. The van der Waals surface area contributed by atoms with Gasteiger partial charge in [0, 0.05) is 26.2 Å². The quantitative estimate of drug-likeness (QED) is 0.825. The van der Waals surface area contributed by atoms with Crippen molar-refractivity contribution in [2.24, 2.45) is 0 Å². The molecule has 4 nitrogen and oxygen atoms in total. The van der Waals surface area contributed by atoms with Gasteiger partial charge in [-0.3, -0.25) is 4.79 Å². The van der Waals surface area contributed by atoms with Gasteiger partial charge in [0.25, 0.3) is 5.91 Å². The molecule has 1 saturated heterocycles. The molecule has 0 N–H and O–H groups in total. The Kier molecular flexibility index (Phi) is 4.74. The van der Waals surface area contributed by atoms with Gasteiger partial charge in [-0.25, -0.2) is 4.39 Å². The van der Waals surface area contributed by atoms with Gasteiger partial charge in [0.05, 0.1) is 0 Å². The fraction of sp³-hybridized carbons (Fsp3) is 0.500. The maximum atomic E-state index is 13.3. The third kappa shape index (κ3) is 3.67. The number of ether oxygens (including phenoxy) is 1. The van der Waals surface area contributed by atoms with Crippen molar-refractivity contribution in [1.82, 2.24) is 9.80 Å². The van der Waals surface area contributed by atoms with Gasteiger partial charge in [0.15, 0.2) is 18.2 Å². The Balaban J connectivity index is 1.81. The Morgan fingerprint density at radius 1 is 1.26 bits per heavy atom. The summed E-state index contributed by atoms with van der Waals surface area (Å²) in [4.78, 5) is 16.0. The molecule has 5 heteroatoms. The van der Waals surface area contributed by atoms with Gasteiger partial charge in [0.2, 0.25) is 0 Å². The summed E-state index contributed by atoms with van der Waals surface area (Å²) in [6.07, 6.45) is 0. The number of hydrogen-bond acceptors (Lipinski definition) is 3. The van der Waals surface area contributed by atoms with Gasteiger partial charge < -0.3 is 14.5 Å². The minimum absolute atomic E-state index is 0.0843. The van der Waals surface area contributed by atoms with Crippen LogP contribution in [0.4, 0.5) is 4.39 Å². The number of hydrogen-bond donors (Lipinski definition) is 0. The van der Waals surface area contributed by atoms with Gasteiger partial charge in [-0.1, -0.05) is 19.1 Å². The van der Waals surface area contributed by atoms with Crippen LogP contribution in [0.5, 0.6) is 5.75 Å². The number of amides is 1.